The van der Waals surface area contributed by atoms with Gasteiger partial charge < -0.3 is 9.88 Å². The summed E-state index contributed by atoms with van der Waals surface area (Å²) in [4.78, 5) is 16.0. The van der Waals surface area contributed by atoms with Gasteiger partial charge in [-0.25, -0.2) is 9.67 Å². The first-order chi connectivity index (χ1) is 14.0. The molecule has 160 valence electrons. The normalized spacial score (nSPS) is 12.2. The largest absolute Gasteiger partial charge is 0.417 e. The summed E-state index contributed by atoms with van der Waals surface area (Å²) < 4.78 is 44.2. The standard InChI is InChI=1S/C21H24F3N5O/c1-5-9-28-13-14(6-7-19(28)30)29-10-8-17(27-29)15-12-25-18(26-20(2,3)4)11-16(15)21(22,23)24/h6-8,10-13H,5,9H2,1-4H3,(H,25,26). The summed E-state index contributed by atoms with van der Waals surface area (Å²) in [7, 11) is 0. The minimum absolute atomic E-state index is 0.109. The van der Waals surface area contributed by atoms with Crippen molar-refractivity contribution in [1.82, 2.24) is 19.3 Å². The molecule has 0 radical (unpaired) electrons. The van der Waals surface area contributed by atoms with Gasteiger partial charge in [-0.15, -0.1) is 0 Å². The third kappa shape index (κ3) is 4.90. The summed E-state index contributed by atoms with van der Waals surface area (Å²) in [6, 6.07) is 5.51. The molecule has 0 amide bonds. The van der Waals surface area contributed by atoms with Crippen molar-refractivity contribution in [2.45, 2.75) is 52.4 Å². The van der Waals surface area contributed by atoms with Crippen molar-refractivity contribution in [3.05, 3.63) is 58.8 Å². The molecule has 0 unspecified atom stereocenters. The van der Waals surface area contributed by atoms with Crippen LogP contribution in [0.25, 0.3) is 16.9 Å². The van der Waals surface area contributed by atoms with Gasteiger partial charge in [-0.05, 0) is 45.4 Å². The fourth-order valence-corrected chi connectivity index (χ4v) is 3.03. The fraction of sp³-hybridized carbons (Fsp3) is 0.381. The van der Waals surface area contributed by atoms with E-state index in [2.05, 4.69) is 15.4 Å². The Labute approximate surface area is 172 Å². The van der Waals surface area contributed by atoms with Crippen LogP contribution in [0.5, 0.6) is 0 Å². The molecular weight excluding hydrogens is 395 g/mol. The number of nitrogens with one attached hydrogen (secondary N) is 1. The van der Waals surface area contributed by atoms with Crippen LogP contribution in [0.2, 0.25) is 0 Å². The number of alkyl halides is 3. The molecule has 0 spiro atoms. The smallest absolute Gasteiger partial charge is 0.365 e. The first-order valence-corrected chi connectivity index (χ1v) is 9.60. The van der Waals surface area contributed by atoms with E-state index < -0.39 is 17.3 Å². The van der Waals surface area contributed by atoms with Crippen LogP contribution in [0.1, 0.15) is 39.7 Å². The number of aryl methyl sites for hydroxylation is 1. The molecule has 0 aliphatic carbocycles. The molecule has 0 aliphatic heterocycles. The summed E-state index contributed by atoms with van der Waals surface area (Å²) in [6.45, 7) is 8.03. The highest BCUT2D eigenvalue weighted by atomic mass is 19.4. The van der Waals surface area contributed by atoms with Crippen LogP contribution >= 0.6 is 0 Å². The van der Waals surface area contributed by atoms with Crippen LogP contribution in [0, 0.1) is 0 Å². The Balaban J connectivity index is 2.02. The highest BCUT2D eigenvalue weighted by Gasteiger charge is 2.35. The minimum atomic E-state index is -4.56. The summed E-state index contributed by atoms with van der Waals surface area (Å²) in [5.41, 5.74) is -0.765. The number of anilines is 1. The molecule has 3 aromatic rings. The van der Waals surface area contributed by atoms with Crippen LogP contribution in [0.3, 0.4) is 0 Å². The SMILES string of the molecule is CCCn1cc(-n2ccc(-c3cnc(NC(C)(C)C)cc3C(F)(F)F)n2)ccc1=O. The van der Waals surface area contributed by atoms with Gasteiger partial charge in [0.1, 0.15) is 5.82 Å². The predicted molar refractivity (Wildman–Crippen MR) is 110 cm³/mol. The molecule has 3 rings (SSSR count). The summed E-state index contributed by atoms with van der Waals surface area (Å²) in [5, 5.41) is 7.26. The highest BCUT2D eigenvalue weighted by molar-refractivity contribution is 5.66. The maximum absolute atomic E-state index is 13.7. The lowest BCUT2D eigenvalue weighted by molar-refractivity contribution is -0.137. The lowest BCUT2D eigenvalue weighted by Crippen LogP contribution is -2.27. The van der Waals surface area contributed by atoms with E-state index >= 15 is 0 Å². The van der Waals surface area contributed by atoms with Crippen LogP contribution < -0.4 is 10.9 Å². The van der Waals surface area contributed by atoms with Gasteiger partial charge in [-0.3, -0.25) is 4.79 Å². The molecule has 0 aliphatic rings. The van der Waals surface area contributed by atoms with Crippen molar-refractivity contribution in [3.63, 3.8) is 0 Å². The summed E-state index contributed by atoms with van der Waals surface area (Å²) >= 11 is 0. The number of rotatable bonds is 5. The fourth-order valence-electron chi connectivity index (χ4n) is 3.03. The Hall–Kier alpha value is -3.10. The second-order valence-electron chi connectivity index (χ2n) is 8.05. The van der Waals surface area contributed by atoms with E-state index in [9.17, 15) is 18.0 Å². The van der Waals surface area contributed by atoms with Gasteiger partial charge in [0.15, 0.2) is 0 Å². The third-order valence-electron chi connectivity index (χ3n) is 4.27. The molecule has 30 heavy (non-hydrogen) atoms. The second-order valence-corrected chi connectivity index (χ2v) is 8.05. The van der Waals surface area contributed by atoms with Crippen LogP contribution in [0.15, 0.2) is 47.7 Å². The molecule has 0 aromatic carbocycles. The quantitative estimate of drug-likeness (QED) is 0.649. The molecule has 0 bridgehead atoms. The number of hydrogen-bond acceptors (Lipinski definition) is 4. The van der Waals surface area contributed by atoms with Crippen molar-refractivity contribution >= 4 is 5.82 Å². The number of halogens is 3. The molecule has 0 atom stereocenters. The van der Waals surface area contributed by atoms with Crippen molar-refractivity contribution < 1.29 is 13.2 Å². The molecule has 3 aromatic heterocycles. The molecule has 0 saturated heterocycles. The Morgan fingerprint density at radius 1 is 1.13 bits per heavy atom. The molecule has 0 saturated carbocycles. The summed E-state index contributed by atoms with van der Waals surface area (Å²) in [6.07, 6.45) is 0.602. The Bertz CT molecular complexity index is 1090. The lowest BCUT2D eigenvalue weighted by Gasteiger charge is -2.22. The average molecular weight is 419 g/mol. The van der Waals surface area contributed by atoms with Gasteiger partial charge in [0.05, 0.1) is 16.9 Å². The van der Waals surface area contributed by atoms with E-state index in [0.29, 0.717) is 12.2 Å². The molecule has 3 heterocycles. The van der Waals surface area contributed by atoms with E-state index in [1.54, 1.807) is 23.0 Å². The number of pyridine rings is 2. The first-order valence-electron chi connectivity index (χ1n) is 9.60. The highest BCUT2D eigenvalue weighted by Crippen LogP contribution is 2.37. The molecule has 6 nitrogen and oxygen atoms in total. The topological polar surface area (TPSA) is 64.7 Å². The average Bonchev–Trinajstić information content (AvgIpc) is 3.11. The number of hydrogen-bond donors (Lipinski definition) is 1. The summed E-state index contributed by atoms with van der Waals surface area (Å²) in [5.74, 6) is 0.143. The minimum Gasteiger partial charge on any atom is -0.365 e. The Morgan fingerprint density at radius 3 is 2.50 bits per heavy atom. The predicted octanol–water partition coefficient (Wildman–Crippen LogP) is 4.74. The van der Waals surface area contributed by atoms with E-state index in [0.717, 1.165) is 12.5 Å². The zero-order valence-corrected chi connectivity index (χ0v) is 17.3. The Morgan fingerprint density at radius 2 is 1.87 bits per heavy atom. The maximum Gasteiger partial charge on any atom is 0.417 e. The van der Waals surface area contributed by atoms with E-state index in [-0.39, 0.29) is 22.6 Å². The van der Waals surface area contributed by atoms with Crippen molar-refractivity contribution in [1.29, 1.82) is 0 Å². The van der Waals surface area contributed by atoms with E-state index in [1.807, 2.05) is 27.7 Å². The lowest BCUT2D eigenvalue weighted by atomic mass is 10.1. The number of aromatic nitrogens is 4. The van der Waals surface area contributed by atoms with Crippen molar-refractivity contribution in [2.24, 2.45) is 0 Å². The first kappa shape index (κ1) is 21.6. The van der Waals surface area contributed by atoms with Crippen LogP contribution in [0.4, 0.5) is 19.0 Å². The maximum atomic E-state index is 13.7. The molecular formula is C21H24F3N5O. The van der Waals surface area contributed by atoms with Crippen molar-refractivity contribution in [3.8, 4) is 16.9 Å². The van der Waals surface area contributed by atoms with Gasteiger partial charge >= 0.3 is 6.18 Å². The Kier molecular flexibility index (Phi) is 5.74. The van der Waals surface area contributed by atoms with Gasteiger partial charge in [0.25, 0.3) is 5.56 Å². The number of nitrogens with zero attached hydrogens (tertiary/aromatic N) is 4. The zero-order valence-electron chi connectivity index (χ0n) is 17.3. The molecule has 9 heteroatoms. The van der Waals surface area contributed by atoms with Gasteiger partial charge in [0, 0.05) is 42.3 Å². The van der Waals surface area contributed by atoms with Gasteiger partial charge in [-0.1, -0.05) is 6.92 Å². The van der Waals surface area contributed by atoms with Gasteiger partial charge in [-0.2, -0.15) is 18.3 Å². The van der Waals surface area contributed by atoms with Crippen molar-refractivity contribution in [2.75, 3.05) is 5.32 Å². The molecule has 1 N–H and O–H groups in total. The van der Waals surface area contributed by atoms with Crippen LogP contribution in [-0.4, -0.2) is 24.9 Å². The second kappa shape index (κ2) is 7.97. The van der Waals surface area contributed by atoms with Gasteiger partial charge in [0.2, 0.25) is 0 Å². The molecule has 0 fully saturated rings. The zero-order chi connectivity index (χ0) is 22.1. The van der Waals surface area contributed by atoms with E-state index in [1.165, 1.54) is 23.0 Å². The monoisotopic (exact) mass is 419 g/mol. The third-order valence-corrected chi connectivity index (χ3v) is 4.27. The van der Waals surface area contributed by atoms with Crippen LogP contribution in [-0.2, 0) is 12.7 Å². The van der Waals surface area contributed by atoms with E-state index in [4.69, 9.17) is 0 Å².